The summed E-state index contributed by atoms with van der Waals surface area (Å²) in [5.41, 5.74) is 6.11. The molecule has 2 N–H and O–H groups in total. The molecule has 0 spiro atoms. The molecule has 0 atom stereocenters. The van der Waals surface area contributed by atoms with E-state index in [1.165, 1.54) is 12.3 Å². The van der Waals surface area contributed by atoms with Crippen LogP contribution in [0.5, 0.6) is 0 Å². The predicted molar refractivity (Wildman–Crippen MR) is 71.7 cm³/mol. The maximum Gasteiger partial charge on any atom is 0.272 e. The molecule has 0 bridgehead atoms. The second kappa shape index (κ2) is 4.64. The van der Waals surface area contributed by atoms with Gasteiger partial charge in [-0.15, -0.1) is 0 Å². The van der Waals surface area contributed by atoms with Crippen molar-refractivity contribution in [3.63, 3.8) is 0 Å². The van der Waals surface area contributed by atoms with E-state index in [1.54, 1.807) is 18.0 Å². The Labute approximate surface area is 112 Å². The number of rotatable bonds is 3. The highest BCUT2D eigenvalue weighted by atomic mass is 16.2. The number of hydrogen-bond acceptors (Lipinski definition) is 3. The molecular formula is C14H19N3O2. The normalized spacial score (nSPS) is 17.6. The average Bonchev–Trinajstić information content (AvgIpc) is 2.34. The minimum atomic E-state index is -0.541. The van der Waals surface area contributed by atoms with Gasteiger partial charge in [-0.05, 0) is 30.4 Å². The summed E-state index contributed by atoms with van der Waals surface area (Å²) in [6.07, 6.45) is 3.36. The van der Waals surface area contributed by atoms with Gasteiger partial charge in [0.1, 0.15) is 5.69 Å². The molecule has 1 aromatic rings. The van der Waals surface area contributed by atoms with Gasteiger partial charge >= 0.3 is 0 Å². The maximum absolute atomic E-state index is 12.2. The zero-order valence-corrected chi connectivity index (χ0v) is 11.5. The van der Waals surface area contributed by atoms with Crippen molar-refractivity contribution in [1.29, 1.82) is 0 Å². The molecule has 0 radical (unpaired) electrons. The first-order chi connectivity index (χ1) is 8.80. The zero-order chi connectivity index (χ0) is 14.2. The van der Waals surface area contributed by atoms with E-state index in [2.05, 4.69) is 18.8 Å². The van der Waals surface area contributed by atoms with E-state index in [0.29, 0.717) is 16.7 Å². The van der Waals surface area contributed by atoms with Crippen molar-refractivity contribution in [3.05, 3.63) is 29.6 Å². The van der Waals surface area contributed by atoms with Crippen LogP contribution in [0, 0.1) is 5.41 Å². The van der Waals surface area contributed by atoms with Crippen molar-refractivity contribution in [1.82, 2.24) is 9.88 Å². The van der Waals surface area contributed by atoms with Crippen LogP contribution in [0.4, 0.5) is 0 Å². The molecule has 1 aromatic heterocycles. The Hall–Kier alpha value is -1.91. The molecule has 102 valence electrons. The first kappa shape index (κ1) is 13.5. The molecule has 0 unspecified atom stereocenters. The smallest absolute Gasteiger partial charge is 0.272 e. The van der Waals surface area contributed by atoms with E-state index in [1.807, 2.05) is 0 Å². The Morgan fingerprint density at radius 2 is 2.00 bits per heavy atom. The van der Waals surface area contributed by atoms with Gasteiger partial charge in [0.05, 0.1) is 5.56 Å². The molecule has 1 aliphatic rings. The van der Waals surface area contributed by atoms with Crippen molar-refractivity contribution in [2.75, 3.05) is 7.05 Å². The van der Waals surface area contributed by atoms with Crippen LogP contribution in [0.3, 0.4) is 0 Å². The van der Waals surface area contributed by atoms with Gasteiger partial charge in [0, 0.05) is 19.3 Å². The van der Waals surface area contributed by atoms with Gasteiger partial charge in [-0.25, -0.2) is 0 Å². The molecule has 5 heteroatoms. The third-order valence-electron chi connectivity index (χ3n) is 3.71. The standard InChI is InChI=1S/C14H19N3O2/c1-14(2)6-10(7-14)17(3)13(19)11-5-4-9(8-16-11)12(15)18/h4-5,8,10H,6-7H2,1-3H3,(H2,15,18). The average molecular weight is 261 g/mol. The van der Waals surface area contributed by atoms with Crippen molar-refractivity contribution in [2.45, 2.75) is 32.7 Å². The molecular weight excluding hydrogens is 242 g/mol. The van der Waals surface area contributed by atoms with E-state index in [-0.39, 0.29) is 11.9 Å². The van der Waals surface area contributed by atoms with Gasteiger partial charge in [-0.3, -0.25) is 14.6 Å². The number of hydrogen-bond donors (Lipinski definition) is 1. The number of pyridine rings is 1. The molecule has 1 fully saturated rings. The highest BCUT2D eigenvalue weighted by Gasteiger charge is 2.40. The topological polar surface area (TPSA) is 76.3 Å². The van der Waals surface area contributed by atoms with E-state index in [0.717, 1.165) is 12.8 Å². The number of aromatic nitrogens is 1. The Bertz CT molecular complexity index is 500. The largest absolute Gasteiger partial charge is 0.366 e. The monoisotopic (exact) mass is 261 g/mol. The van der Waals surface area contributed by atoms with E-state index in [4.69, 9.17) is 5.73 Å². The lowest BCUT2D eigenvalue weighted by Crippen LogP contribution is -2.49. The third kappa shape index (κ3) is 2.75. The Kier molecular flexibility index (Phi) is 3.30. The minimum absolute atomic E-state index is 0.114. The number of carbonyl (C=O) groups is 2. The molecule has 5 nitrogen and oxygen atoms in total. The second-order valence-electron chi connectivity index (χ2n) is 5.94. The van der Waals surface area contributed by atoms with Crippen LogP contribution in [0.1, 0.15) is 47.5 Å². The lowest BCUT2D eigenvalue weighted by Gasteiger charge is -2.46. The van der Waals surface area contributed by atoms with Gasteiger partial charge in [-0.2, -0.15) is 0 Å². The van der Waals surface area contributed by atoms with Gasteiger partial charge in [0.15, 0.2) is 0 Å². The summed E-state index contributed by atoms with van der Waals surface area (Å²) in [5.74, 6) is -0.655. The zero-order valence-electron chi connectivity index (χ0n) is 11.5. The van der Waals surface area contributed by atoms with Crippen LogP contribution in [-0.4, -0.2) is 34.8 Å². The molecule has 2 amide bonds. The molecule has 0 aromatic carbocycles. The number of carbonyl (C=O) groups excluding carboxylic acids is 2. The first-order valence-electron chi connectivity index (χ1n) is 6.33. The Balaban J connectivity index is 2.05. The summed E-state index contributed by atoms with van der Waals surface area (Å²) in [6, 6.07) is 3.35. The van der Waals surface area contributed by atoms with Gasteiger partial charge in [0.25, 0.3) is 5.91 Å². The summed E-state index contributed by atoms with van der Waals surface area (Å²) >= 11 is 0. The summed E-state index contributed by atoms with van der Waals surface area (Å²) in [4.78, 5) is 28.9. The molecule has 1 saturated carbocycles. The summed E-state index contributed by atoms with van der Waals surface area (Å²) in [5, 5.41) is 0. The number of primary amides is 1. The van der Waals surface area contributed by atoms with Gasteiger partial charge in [-0.1, -0.05) is 13.8 Å². The molecule has 19 heavy (non-hydrogen) atoms. The fourth-order valence-corrected chi connectivity index (χ4v) is 2.50. The van der Waals surface area contributed by atoms with Crippen LogP contribution >= 0.6 is 0 Å². The molecule has 1 heterocycles. The maximum atomic E-state index is 12.2. The Morgan fingerprint density at radius 3 is 2.42 bits per heavy atom. The quantitative estimate of drug-likeness (QED) is 0.894. The van der Waals surface area contributed by atoms with Crippen molar-refractivity contribution < 1.29 is 9.59 Å². The van der Waals surface area contributed by atoms with Crippen LogP contribution < -0.4 is 5.73 Å². The summed E-state index contributed by atoms with van der Waals surface area (Å²) in [6.45, 7) is 4.39. The first-order valence-corrected chi connectivity index (χ1v) is 6.33. The van der Waals surface area contributed by atoms with Crippen LogP contribution in [0.15, 0.2) is 18.3 Å². The number of nitrogens with two attached hydrogens (primary N) is 1. The fraction of sp³-hybridized carbons (Fsp3) is 0.500. The number of amides is 2. The lowest BCUT2D eigenvalue weighted by atomic mass is 9.68. The van der Waals surface area contributed by atoms with Gasteiger partial charge < -0.3 is 10.6 Å². The van der Waals surface area contributed by atoms with Crippen LogP contribution in [-0.2, 0) is 0 Å². The predicted octanol–water partition coefficient (Wildman–Crippen LogP) is 1.44. The second-order valence-corrected chi connectivity index (χ2v) is 5.94. The van der Waals surface area contributed by atoms with Gasteiger partial charge in [0.2, 0.25) is 5.91 Å². The van der Waals surface area contributed by atoms with E-state index < -0.39 is 5.91 Å². The van der Waals surface area contributed by atoms with Crippen molar-refractivity contribution in [3.8, 4) is 0 Å². The van der Waals surface area contributed by atoms with E-state index in [9.17, 15) is 9.59 Å². The highest BCUT2D eigenvalue weighted by molar-refractivity contribution is 5.95. The van der Waals surface area contributed by atoms with Crippen LogP contribution in [0.25, 0.3) is 0 Å². The minimum Gasteiger partial charge on any atom is -0.366 e. The fourth-order valence-electron chi connectivity index (χ4n) is 2.50. The van der Waals surface area contributed by atoms with Crippen LogP contribution in [0.2, 0.25) is 0 Å². The lowest BCUT2D eigenvalue weighted by molar-refractivity contribution is 0.0318. The van der Waals surface area contributed by atoms with E-state index >= 15 is 0 Å². The highest BCUT2D eigenvalue weighted by Crippen LogP contribution is 2.42. The third-order valence-corrected chi connectivity index (χ3v) is 3.71. The molecule has 0 saturated heterocycles. The van der Waals surface area contributed by atoms with Crippen molar-refractivity contribution >= 4 is 11.8 Å². The SMILES string of the molecule is CN(C(=O)c1ccc(C(N)=O)cn1)C1CC(C)(C)C1. The summed E-state index contributed by atoms with van der Waals surface area (Å²) in [7, 11) is 1.80. The number of nitrogens with zero attached hydrogens (tertiary/aromatic N) is 2. The Morgan fingerprint density at radius 1 is 1.37 bits per heavy atom. The van der Waals surface area contributed by atoms with Crippen molar-refractivity contribution in [2.24, 2.45) is 11.1 Å². The molecule has 0 aliphatic heterocycles. The molecule has 2 rings (SSSR count). The summed E-state index contributed by atoms with van der Waals surface area (Å²) < 4.78 is 0. The molecule has 1 aliphatic carbocycles.